The van der Waals surface area contributed by atoms with Crippen LogP contribution in [0, 0.1) is 0 Å². The van der Waals surface area contributed by atoms with Crippen molar-refractivity contribution in [2.45, 2.75) is 12.8 Å². The molecule has 1 amide bonds. The van der Waals surface area contributed by atoms with Gasteiger partial charge in [-0.1, -0.05) is 0 Å². The Bertz CT molecular complexity index is 386. The van der Waals surface area contributed by atoms with E-state index in [1.807, 2.05) is 34.8 Å². The maximum atomic E-state index is 12.2. The van der Waals surface area contributed by atoms with Gasteiger partial charge in [-0.15, -0.1) is 0 Å². The first kappa shape index (κ1) is 12.2. The minimum absolute atomic E-state index is 0.252. The number of amides is 1. The molecule has 0 atom stereocenters. The number of hydrogen-bond donors (Lipinski definition) is 0. The number of aryl methyl sites for hydroxylation is 1. The molecule has 0 bridgehead atoms. The third-order valence-electron chi connectivity index (χ3n) is 3.46. The van der Waals surface area contributed by atoms with Crippen molar-refractivity contribution >= 4 is 5.91 Å². The van der Waals surface area contributed by atoms with Gasteiger partial charge >= 0.3 is 0 Å². The summed E-state index contributed by atoms with van der Waals surface area (Å²) in [6, 6.07) is 4.00. The van der Waals surface area contributed by atoms with E-state index >= 15 is 0 Å². The molecule has 0 unspecified atom stereocenters. The fourth-order valence-electron chi connectivity index (χ4n) is 2.24. The lowest BCUT2D eigenvalue weighted by molar-refractivity contribution is -0.130. The minimum Gasteiger partial charge on any atom is -0.354 e. The van der Waals surface area contributed by atoms with Crippen LogP contribution in [0.25, 0.3) is 0 Å². The zero-order chi connectivity index (χ0) is 12.3. The number of aromatic nitrogens is 1. The summed E-state index contributed by atoms with van der Waals surface area (Å²) in [6.07, 6.45) is 3.58. The van der Waals surface area contributed by atoms with Crippen molar-refractivity contribution in [2.75, 3.05) is 33.2 Å². The minimum atomic E-state index is 0.252. The molecule has 1 aliphatic heterocycles. The van der Waals surface area contributed by atoms with Crippen molar-refractivity contribution in [3.8, 4) is 0 Å². The molecule has 1 aromatic rings. The topological polar surface area (TPSA) is 28.5 Å². The highest BCUT2D eigenvalue weighted by atomic mass is 16.2. The number of rotatable bonds is 2. The Morgan fingerprint density at radius 2 is 2.06 bits per heavy atom. The van der Waals surface area contributed by atoms with Gasteiger partial charge in [-0.2, -0.15) is 0 Å². The van der Waals surface area contributed by atoms with Crippen molar-refractivity contribution in [3.05, 3.63) is 24.0 Å². The molecular weight excluding hydrogens is 214 g/mol. The van der Waals surface area contributed by atoms with Gasteiger partial charge in [0, 0.05) is 38.6 Å². The highest BCUT2D eigenvalue weighted by molar-refractivity contribution is 5.78. The monoisotopic (exact) mass is 235 g/mol. The van der Waals surface area contributed by atoms with E-state index in [4.69, 9.17) is 0 Å². The van der Waals surface area contributed by atoms with Crippen molar-refractivity contribution < 1.29 is 4.79 Å². The first-order chi connectivity index (χ1) is 8.16. The van der Waals surface area contributed by atoms with Crippen LogP contribution in [-0.2, 0) is 18.3 Å². The van der Waals surface area contributed by atoms with E-state index in [0.717, 1.165) is 38.3 Å². The van der Waals surface area contributed by atoms with E-state index in [0.29, 0.717) is 6.42 Å². The zero-order valence-corrected chi connectivity index (χ0v) is 10.7. The Morgan fingerprint density at radius 3 is 2.76 bits per heavy atom. The van der Waals surface area contributed by atoms with Crippen LogP contribution in [0.1, 0.15) is 12.1 Å². The van der Waals surface area contributed by atoms with E-state index < -0.39 is 0 Å². The first-order valence-electron chi connectivity index (χ1n) is 6.23. The number of carbonyl (C=O) groups excluding carboxylic acids is 1. The summed E-state index contributed by atoms with van der Waals surface area (Å²) in [6.45, 7) is 3.83. The largest absolute Gasteiger partial charge is 0.354 e. The van der Waals surface area contributed by atoms with Crippen molar-refractivity contribution in [3.63, 3.8) is 0 Å². The van der Waals surface area contributed by atoms with Crippen LogP contribution in [0.2, 0.25) is 0 Å². The number of carbonyl (C=O) groups is 1. The summed E-state index contributed by atoms with van der Waals surface area (Å²) in [5.74, 6) is 0.252. The van der Waals surface area contributed by atoms with E-state index in [9.17, 15) is 4.79 Å². The Labute approximate surface area is 103 Å². The SMILES string of the molecule is CN1CCCN(C(=O)Cc2cccn2C)CC1. The van der Waals surface area contributed by atoms with Gasteiger partial charge in [0.2, 0.25) is 5.91 Å². The van der Waals surface area contributed by atoms with Gasteiger partial charge in [-0.05, 0) is 32.1 Å². The second-order valence-corrected chi connectivity index (χ2v) is 4.82. The van der Waals surface area contributed by atoms with Gasteiger partial charge < -0.3 is 14.4 Å². The van der Waals surface area contributed by atoms with Crippen LogP contribution in [0.15, 0.2) is 18.3 Å². The maximum absolute atomic E-state index is 12.2. The lowest BCUT2D eigenvalue weighted by Gasteiger charge is -2.20. The molecule has 2 heterocycles. The van der Waals surface area contributed by atoms with Crippen LogP contribution >= 0.6 is 0 Å². The molecule has 0 radical (unpaired) electrons. The molecule has 0 aliphatic carbocycles. The van der Waals surface area contributed by atoms with E-state index in [1.165, 1.54) is 0 Å². The van der Waals surface area contributed by atoms with E-state index in [1.54, 1.807) is 0 Å². The quantitative estimate of drug-likeness (QED) is 0.756. The third kappa shape index (κ3) is 3.09. The molecule has 1 fully saturated rings. The molecule has 0 spiro atoms. The van der Waals surface area contributed by atoms with Crippen molar-refractivity contribution in [2.24, 2.45) is 7.05 Å². The lowest BCUT2D eigenvalue weighted by Crippen LogP contribution is -2.35. The van der Waals surface area contributed by atoms with Crippen LogP contribution in [0.4, 0.5) is 0 Å². The molecule has 0 N–H and O–H groups in total. The zero-order valence-electron chi connectivity index (χ0n) is 10.7. The van der Waals surface area contributed by atoms with Gasteiger partial charge in [0.1, 0.15) is 0 Å². The summed E-state index contributed by atoms with van der Waals surface area (Å²) in [4.78, 5) is 16.5. The molecular formula is C13H21N3O. The first-order valence-corrected chi connectivity index (χ1v) is 6.23. The smallest absolute Gasteiger partial charge is 0.228 e. The fraction of sp³-hybridized carbons (Fsp3) is 0.615. The lowest BCUT2D eigenvalue weighted by atomic mass is 10.2. The highest BCUT2D eigenvalue weighted by Crippen LogP contribution is 2.06. The van der Waals surface area contributed by atoms with Crippen molar-refractivity contribution in [1.29, 1.82) is 0 Å². The van der Waals surface area contributed by atoms with Gasteiger partial charge in [0.15, 0.2) is 0 Å². The molecule has 1 saturated heterocycles. The van der Waals surface area contributed by atoms with Crippen LogP contribution in [-0.4, -0.2) is 53.5 Å². The molecule has 1 aliphatic rings. The second kappa shape index (κ2) is 5.36. The summed E-state index contributed by atoms with van der Waals surface area (Å²) in [5, 5.41) is 0. The standard InChI is InChI=1S/C13H21N3O/c1-14-6-4-8-16(10-9-14)13(17)11-12-5-3-7-15(12)2/h3,5,7H,4,6,8-11H2,1-2H3. The van der Waals surface area contributed by atoms with Crippen molar-refractivity contribution in [1.82, 2.24) is 14.4 Å². The highest BCUT2D eigenvalue weighted by Gasteiger charge is 2.18. The summed E-state index contributed by atoms with van der Waals surface area (Å²) in [5.41, 5.74) is 1.09. The Kier molecular flexibility index (Phi) is 3.84. The molecule has 1 aromatic heterocycles. The van der Waals surface area contributed by atoms with Gasteiger partial charge in [-0.3, -0.25) is 4.79 Å². The maximum Gasteiger partial charge on any atom is 0.228 e. The fourth-order valence-corrected chi connectivity index (χ4v) is 2.24. The Morgan fingerprint density at radius 1 is 1.24 bits per heavy atom. The Hall–Kier alpha value is -1.29. The average molecular weight is 235 g/mol. The van der Waals surface area contributed by atoms with E-state index in [2.05, 4.69) is 11.9 Å². The molecule has 0 aromatic carbocycles. The summed E-state index contributed by atoms with van der Waals surface area (Å²) >= 11 is 0. The third-order valence-corrected chi connectivity index (χ3v) is 3.46. The number of hydrogen-bond acceptors (Lipinski definition) is 2. The summed E-state index contributed by atoms with van der Waals surface area (Å²) < 4.78 is 2.02. The summed E-state index contributed by atoms with van der Waals surface area (Å²) in [7, 11) is 4.10. The molecule has 0 saturated carbocycles. The number of likely N-dealkylation sites (N-methyl/N-ethyl adjacent to an activating group) is 1. The predicted octanol–water partition coefficient (Wildman–Crippen LogP) is 0.732. The normalized spacial score (nSPS) is 18.1. The van der Waals surface area contributed by atoms with Gasteiger partial charge in [0.05, 0.1) is 6.42 Å². The molecule has 4 nitrogen and oxygen atoms in total. The van der Waals surface area contributed by atoms with Gasteiger partial charge in [0.25, 0.3) is 0 Å². The van der Waals surface area contributed by atoms with Crippen LogP contribution in [0.5, 0.6) is 0 Å². The molecule has 94 valence electrons. The predicted molar refractivity (Wildman–Crippen MR) is 67.8 cm³/mol. The molecule has 17 heavy (non-hydrogen) atoms. The second-order valence-electron chi connectivity index (χ2n) is 4.82. The van der Waals surface area contributed by atoms with Gasteiger partial charge in [-0.25, -0.2) is 0 Å². The Balaban J connectivity index is 1.93. The number of nitrogens with zero attached hydrogens (tertiary/aromatic N) is 3. The van der Waals surface area contributed by atoms with Crippen LogP contribution in [0.3, 0.4) is 0 Å². The average Bonchev–Trinajstić information content (AvgIpc) is 2.57. The molecule has 4 heteroatoms. The van der Waals surface area contributed by atoms with E-state index in [-0.39, 0.29) is 5.91 Å². The molecule has 2 rings (SSSR count). The van der Waals surface area contributed by atoms with Crippen LogP contribution < -0.4 is 0 Å².